The van der Waals surface area contributed by atoms with Gasteiger partial charge in [-0.1, -0.05) is 17.7 Å². The van der Waals surface area contributed by atoms with Crippen LogP contribution in [0.25, 0.3) is 0 Å². The minimum Gasteiger partial charge on any atom is -0.481 e. The lowest BCUT2D eigenvalue weighted by Crippen LogP contribution is -2.34. The quantitative estimate of drug-likeness (QED) is 0.636. The molecule has 0 atom stereocenters. The van der Waals surface area contributed by atoms with E-state index in [0.717, 1.165) is 0 Å². The number of benzene rings is 1. The van der Waals surface area contributed by atoms with Crippen molar-refractivity contribution in [3.8, 4) is 0 Å². The Hall–Kier alpha value is -2.15. The Bertz CT molecular complexity index is 598. The normalized spacial score (nSPS) is 15.4. The topological polar surface area (TPSA) is 110 Å². The van der Waals surface area contributed by atoms with Gasteiger partial charge in [-0.3, -0.25) is 19.7 Å². The molecule has 0 bridgehead atoms. The fourth-order valence-corrected chi connectivity index (χ4v) is 2.10. The monoisotopic (exact) mass is 298 g/mol. The molecule has 1 fully saturated rings. The first-order valence-electron chi connectivity index (χ1n) is 5.82. The zero-order valence-electron chi connectivity index (χ0n) is 10.3. The third-order valence-corrected chi connectivity index (χ3v) is 3.62. The van der Waals surface area contributed by atoms with Crippen LogP contribution in [0.3, 0.4) is 0 Å². The molecule has 8 heteroatoms. The number of carbonyl (C=O) groups excluding carboxylic acids is 1. The molecule has 0 aromatic heterocycles. The van der Waals surface area contributed by atoms with Crippen LogP contribution in [0.4, 0.5) is 5.69 Å². The summed E-state index contributed by atoms with van der Waals surface area (Å²) >= 11 is 5.81. The Kier molecular flexibility index (Phi) is 3.63. The average Bonchev–Trinajstić information content (AvgIpc) is 3.16. The Labute approximate surface area is 118 Å². The molecule has 0 unspecified atom stereocenters. The highest BCUT2D eigenvalue weighted by Gasteiger charge is 2.50. The lowest BCUT2D eigenvalue weighted by molar-refractivity contribution is -0.385. The van der Waals surface area contributed by atoms with Gasteiger partial charge in [0.1, 0.15) is 5.56 Å². The summed E-state index contributed by atoms with van der Waals surface area (Å²) in [5.41, 5.74) is -1.60. The zero-order chi connectivity index (χ0) is 14.9. The van der Waals surface area contributed by atoms with Crippen LogP contribution in [0.1, 0.15) is 23.2 Å². The minimum atomic E-state index is -0.980. The summed E-state index contributed by atoms with van der Waals surface area (Å²) in [6, 6.07) is 3.91. The third kappa shape index (κ3) is 2.57. The van der Waals surface area contributed by atoms with Crippen molar-refractivity contribution in [1.82, 2.24) is 5.32 Å². The molecule has 0 saturated heterocycles. The first-order valence-corrected chi connectivity index (χ1v) is 6.20. The third-order valence-electron chi connectivity index (χ3n) is 3.31. The number of rotatable bonds is 5. The molecule has 0 radical (unpaired) electrons. The SMILES string of the molecule is O=C(NCC1(C(=O)O)CC1)c1c(Cl)cccc1[N+](=O)[O-]. The number of halogens is 1. The molecule has 1 aromatic carbocycles. The van der Waals surface area contributed by atoms with E-state index in [-0.39, 0.29) is 17.1 Å². The van der Waals surface area contributed by atoms with Crippen molar-refractivity contribution in [2.24, 2.45) is 5.41 Å². The molecule has 1 amide bonds. The predicted octanol–water partition coefficient (Wildman–Crippen LogP) is 1.84. The molecule has 1 saturated carbocycles. The molecule has 1 aliphatic carbocycles. The summed E-state index contributed by atoms with van der Waals surface area (Å²) < 4.78 is 0. The van der Waals surface area contributed by atoms with Gasteiger partial charge < -0.3 is 10.4 Å². The molecule has 2 rings (SSSR count). The molecular weight excluding hydrogens is 288 g/mol. The van der Waals surface area contributed by atoms with E-state index >= 15 is 0 Å². The van der Waals surface area contributed by atoms with Crippen LogP contribution in [0, 0.1) is 15.5 Å². The van der Waals surface area contributed by atoms with Gasteiger partial charge in [-0.2, -0.15) is 0 Å². The molecule has 0 heterocycles. The number of nitro groups is 1. The second-order valence-corrected chi connectivity index (χ2v) is 5.07. The lowest BCUT2D eigenvalue weighted by Gasteiger charge is -2.11. The number of hydrogen-bond acceptors (Lipinski definition) is 4. The maximum Gasteiger partial charge on any atom is 0.311 e. The van der Waals surface area contributed by atoms with Crippen molar-refractivity contribution in [1.29, 1.82) is 0 Å². The molecule has 20 heavy (non-hydrogen) atoms. The number of amides is 1. The fraction of sp³-hybridized carbons (Fsp3) is 0.333. The maximum atomic E-state index is 12.0. The van der Waals surface area contributed by atoms with Crippen molar-refractivity contribution in [2.45, 2.75) is 12.8 Å². The van der Waals surface area contributed by atoms with Gasteiger partial charge in [0.15, 0.2) is 0 Å². The van der Waals surface area contributed by atoms with Gasteiger partial charge in [0.25, 0.3) is 11.6 Å². The summed E-state index contributed by atoms with van der Waals surface area (Å²) in [6.07, 6.45) is 0.959. The van der Waals surface area contributed by atoms with Gasteiger partial charge >= 0.3 is 5.97 Å². The first-order chi connectivity index (χ1) is 9.37. The molecule has 1 aromatic rings. The van der Waals surface area contributed by atoms with Crippen molar-refractivity contribution in [2.75, 3.05) is 6.54 Å². The number of nitrogens with zero attached hydrogens (tertiary/aromatic N) is 1. The number of hydrogen-bond donors (Lipinski definition) is 2. The average molecular weight is 299 g/mol. The van der Waals surface area contributed by atoms with E-state index in [9.17, 15) is 19.7 Å². The van der Waals surface area contributed by atoms with E-state index in [1.165, 1.54) is 18.2 Å². The second-order valence-electron chi connectivity index (χ2n) is 4.66. The number of aliphatic carboxylic acids is 1. The predicted molar refractivity (Wildman–Crippen MR) is 69.7 cm³/mol. The summed E-state index contributed by atoms with van der Waals surface area (Å²) in [5.74, 6) is -1.72. The van der Waals surface area contributed by atoms with Crippen LogP contribution in [-0.4, -0.2) is 28.5 Å². The molecule has 106 valence electrons. The summed E-state index contributed by atoms with van der Waals surface area (Å²) in [5, 5.41) is 22.2. The van der Waals surface area contributed by atoms with Crippen molar-refractivity contribution in [3.05, 3.63) is 38.9 Å². The van der Waals surface area contributed by atoms with Crippen molar-refractivity contribution < 1.29 is 19.6 Å². The number of carboxylic acids is 1. The Morgan fingerprint density at radius 1 is 1.45 bits per heavy atom. The molecule has 0 spiro atoms. The van der Waals surface area contributed by atoms with Gasteiger partial charge in [0.05, 0.1) is 15.4 Å². The van der Waals surface area contributed by atoms with E-state index in [1.807, 2.05) is 0 Å². The molecule has 1 aliphatic rings. The minimum absolute atomic E-state index is 0.0446. The smallest absolute Gasteiger partial charge is 0.311 e. The Balaban J connectivity index is 2.18. The second kappa shape index (κ2) is 5.09. The Morgan fingerprint density at radius 3 is 2.60 bits per heavy atom. The highest BCUT2D eigenvalue weighted by Crippen LogP contribution is 2.45. The fourth-order valence-electron chi connectivity index (χ4n) is 1.84. The van der Waals surface area contributed by atoms with E-state index in [1.54, 1.807) is 0 Å². The molecule has 2 N–H and O–H groups in total. The van der Waals surface area contributed by atoms with Crippen molar-refractivity contribution >= 4 is 29.2 Å². The van der Waals surface area contributed by atoms with Gasteiger partial charge in [-0.15, -0.1) is 0 Å². The van der Waals surface area contributed by atoms with Gasteiger partial charge in [0.2, 0.25) is 0 Å². The maximum absolute atomic E-state index is 12.0. The molecular formula is C12H11ClN2O5. The van der Waals surface area contributed by atoms with Crippen LogP contribution in [0.15, 0.2) is 18.2 Å². The highest BCUT2D eigenvalue weighted by molar-refractivity contribution is 6.34. The van der Waals surface area contributed by atoms with Gasteiger partial charge in [-0.05, 0) is 18.9 Å². The van der Waals surface area contributed by atoms with E-state index in [0.29, 0.717) is 12.8 Å². The summed E-state index contributed by atoms with van der Waals surface area (Å²) in [6.45, 7) is -0.0659. The molecule has 7 nitrogen and oxygen atoms in total. The van der Waals surface area contributed by atoms with Crippen LogP contribution in [0.2, 0.25) is 5.02 Å². The number of carboxylic acid groups (broad SMARTS) is 1. The number of carbonyl (C=O) groups is 2. The number of nitro benzene ring substituents is 1. The standard InChI is InChI=1S/C12H11ClN2O5/c13-7-2-1-3-8(15(19)20)9(7)10(16)14-6-12(4-5-12)11(17)18/h1-3H,4-6H2,(H,14,16)(H,17,18). The van der Waals surface area contributed by atoms with Gasteiger partial charge in [-0.25, -0.2) is 0 Å². The van der Waals surface area contributed by atoms with E-state index in [2.05, 4.69) is 5.32 Å². The van der Waals surface area contributed by atoms with Crippen LogP contribution in [-0.2, 0) is 4.79 Å². The molecule has 0 aliphatic heterocycles. The van der Waals surface area contributed by atoms with Crippen LogP contribution in [0.5, 0.6) is 0 Å². The highest BCUT2D eigenvalue weighted by atomic mass is 35.5. The largest absolute Gasteiger partial charge is 0.481 e. The van der Waals surface area contributed by atoms with Crippen molar-refractivity contribution in [3.63, 3.8) is 0 Å². The summed E-state index contributed by atoms with van der Waals surface area (Å²) in [7, 11) is 0. The lowest BCUT2D eigenvalue weighted by atomic mass is 10.1. The van der Waals surface area contributed by atoms with Crippen LogP contribution >= 0.6 is 11.6 Å². The first kappa shape index (κ1) is 14.3. The van der Waals surface area contributed by atoms with E-state index in [4.69, 9.17) is 16.7 Å². The van der Waals surface area contributed by atoms with Gasteiger partial charge in [0, 0.05) is 12.6 Å². The zero-order valence-corrected chi connectivity index (χ0v) is 11.0. The summed E-state index contributed by atoms with van der Waals surface area (Å²) in [4.78, 5) is 33.2. The van der Waals surface area contributed by atoms with Crippen LogP contribution < -0.4 is 5.32 Å². The Morgan fingerprint density at radius 2 is 2.10 bits per heavy atom. The van der Waals surface area contributed by atoms with E-state index < -0.39 is 27.9 Å². The number of nitrogens with one attached hydrogen (secondary N) is 1.